The van der Waals surface area contributed by atoms with Gasteiger partial charge in [0.2, 0.25) is 0 Å². The molecule has 2 rings (SSSR count). The fourth-order valence-corrected chi connectivity index (χ4v) is 1.95. The number of carbonyl (C=O) groups excluding carboxylic acids is 1. The second-order valence-electron chi connectivity index (χ2n) is 4.23. The zero-order valence-electron chi connectivity index (χ0n) is 9.91. The lowest BCUT2D eigenvalue weighted by molar-refractivity contribution is 0.162. The fourth-order valence-electron chi connectivity index (χ4n) is 1.95. The van der Waals surface area contributed by atoms with Gasteiger partial charge in [-0.3, -0.25) is 0 Å². The van der Waals surface area contributed by atoms with E-state index in [-0.39, 0.29) is 6.10 Å². The Morgan fingerprint density at radius 1 is 1.39 bits per heavy atom. The van der Waals surface area contributed by atoms with Gasteiger partial charge in [-0.1, -0.05) is 0 Å². The summed E-state index contributed by atoms with van der Waals surface area (Å²) in [5.74, 6) is -0.0594. The maximum atomic E-state index is 13.3. The molecule has 98 valence electrons. The molecule has 6 heteroatoms. The van der Waals surface area contributed by atoms with Crippen LogP contribution in [0.4, 0.5) is 14.9 Å². The smallest absolute Gasteiger partial charge is 0.316 e. The number of amides is 2. The van der Waals surface area contributed by atoms with Gasteiger partial charge >= 0.3 is 6.03 Å². The molecule has 1 saturated heterocycles. The molecule has 0 unspecified atom stereocenters. The number of primary amides is 1. The van der Waals surface area contributed by atoms with Crippen LogP contribution in [0.15, 0.2) is 18.2 Å². The average Bonchev–Trinajstić information content (AvgIpc) is 2.28. The molecule has 1 fully saturated rings. The molecule has 1 aromatic carbocycles. The van der Waals surface area contributed by atoms with Crippen molar-refractivity contribution in [3.05, 3.63) is 24.0 Å². The third-order valence-corrected chi connectivity index (χ3v) is 2.73. The van der Waals surface area contributed by atoms with Gasteiger partial charge in [0.25, 0.3) is 0 Å². The third kappa shape index (κ3) is 3.59. The van der Waals surface area contributed by atoms with Crippen LogP contribution in [0.1, 0.15) is 12.8 Å². The van der Waals surface area contributed by atoms with E-state index in [2.05, 4.69) is 10.6 Å². The molecule has 4 N–H and O–H groups in total. The van der Waals surface area contributed by atoms with Gasteiger partial charge in [-0.2, -0.15) is 0 Å². The molecule has 0 radical (unpaired) electrons. The van der Waals surface area contributed by atoms with Crippen LogP contribution in [0.3, 0.4) is 0 Å². The van der Waals surface area contributed by atoms with Crippen LogP contribution < -0.4 is 21.1 Å². The number of hydrogen-bond donors (Lipinski definition) is 3. The SMILES string of the molecule is NC(=O)Nc1cc(F)cc(OC2CCNCC2)c1. The Morgan fingerprint density at radius 3 is 2.78 bits per heavy atom. The van der Waals surface area contributed by atoms with Crippen LogP contribution in [0.25, 0.3) is 0 Å². The van der Waals surface area contributed by atoms with Gasteiger partial charge in [0.05, 0.1) is 0 Å². The molecular formula is C12H16FN3O2. The monoisotopic (exact) mass is 253 g/mol. The van der Waals surface area contributed by atoms with Crippen molar-refractivity contribution in [2.75, 3.05) is 18.4 Å². The van der Waals surface area contributed by atoms with Gasteiger partial charge in [0.1, 0.15) is 17.7 Å². The normalized spacial score (nSPS) is 16.3. The lowest BCUT2D eigenvalue weighted by Crippen LogP contribution is -2.34. The van der Waals surface area contributed by atoms with Crippen LogP contribution >= 0.6 is 0 Å². The van der Waals surface area contributed by atoms with E-state index in [0.717, 1.165) is 25.9 Å². The number of carbonyl (C=O) groups is 1. The van der Waals surface area contributed by atoms with Gasteiger partial charge in [0.15, 0.2) is 0 Å². The summed E-state index contributed by atoms with van der Waals surface area (Å²) in [4.78, 5) is 10.7. The zero-order chi connectivity index (χ0) is 13.0. The van der Waals surface area contributed by atoms with E-state index in [9.17, 15) is 9.18 Å². The quantitative estimate of drug-likeness (QED) is 0.763. The predicted molar refractivity (Wildman–Crippen MR) is 66.1 cm³/mol. The van der Waals surface area contributed by atoms with E-state index in [0.29, 0.717) is 11.4 Å². The minimum atomic E-state index is -0.728. The Balaban J connectivity index is 2.06. The maximum absolute atomic E-state index is 13.3. The van der Waals surface area contributed by atoms with Gasteiger partial charge < -0.3 is 21.1 Å². The largest absolute Gasteiger partial charge is 0.490 e. The summed E-state index contributed by atoms with van der Waals surface area (Å²) in [5, 5.41) is 5.55. The van der Waals surface area contributed by atoms with Crippen molar-refractivity contribution < 1.29 is 13.9 Å². The highest BCUT2D eigenvalue weighted by atomic mass is 19.1. The van der Waals surface area contributed by atoms with E-state index < -0.39 is 11.8 Å². The summed E-state index contributed by atoms with van der Waals surface area (Å²) in [6, 6.07) is 3.33. The summed E-state index contributed by atoms with van der Waals surface area (Å²) in [7, 11) is 0. The number of rotatable bonds is 3. The number of nitrogens with one attached hydrogen (secondary N) is 2. The standard InChI is InChI=1S/C12H16FN3O2/c13-8-5-9(16-12(14)17)7-11(6-8)18-10-1-3-15-4-2-10/h5-7,10,15H,1-4H2,(H3,14,16,17). The number of anilines is 1. The zero-order valence-corrected chi connectivity index (χ0v) is 9.91. The van der Waals surface area contributed by atoms with Crippen LogP contribution in [-0.4, -0.2) is 25.2 Å². The topological polar surface area (TPSA) is 76.4 Å². The van der Waals surface area contributed by atoms with Gasteiger partial charge in [-0.15, -0.1) is 0 Å². The first-order valence-corrected chi connectivity index (χ1v) is 5.88. The molecule has 0 saturated carbocycles. The lowest BCUT2D eigenvalue weighted by atomic mass is 10.1. The lowest BCUT2D eigenvalue weighted by Gasteiger charge is -2.24. The molecule has 18 heavy (non-hydrogen) atoms. The Kier molecular flexibility index (Phi) is 3.99. The summed E-state index contributed by atoms with van der Waals surface area (Å²) in [6.45, 7) is 1.79. The number of halogens is 1. The molecule has 1 aliphatic rings. The van der Waals surface area contributed by atoms with Crippen molar-refractivity contribution in [2.45, 2.75) is 18.9 Å². The summed E-state index contributed by atoms with van der Waals surface area (Å²) >= 11 is 0. The highest BCUT2D eigenvalue weighted by molar-refractivity contribution is 5.87. The predicted octanol–water partition coefficient (Wildman–Crippen LogP) is 1.45. The second kappa shape index (κ2) is 5.68. The highest BCUT2D eigenvalue weighted by Crippen LogP contribution is 2.23. The number of benzene rings is 1. The number of hydrogen-bond acceptors (Lipinski definition) is 3. The summed E-state index contributed by atoms with van der Waals surface area (Å²) < 4.78 is 19.0. The second-order valence-corrected chi connectivity index (χ2v) is 4.23. The van der Waals surface area contributed by atoms with E-state index in [1.165, 1.54) is 12.1 Å². The molecule has 1 aromatic rings. The van der Waals surface area contributed by atoms with Crippen molar-refractivity contribution in [3.8, 4) is 5.75 Å². The number of ether oxygens (including phenoxy) is 1. The molecule has 0 spiro atoms. The van der Waals surface area contributed by atoms with Crippen molar-refractivity contribution in [1.29, 1.82) is 0 Å². The van der Waals surface area contributed by atoms with Crippen molar-refractivity contribution in [3.63, 3.8) is 0 Å². The van der Waals surface area contributed by atoms with E-state index in [1.54, 1.807) is 6.07 Å². The molecule has 0 bridgehead atoms. The van der Waals surface area contributed by atoms with E-state index in [4.69, 9.17) is 10.5 Å². The van der Waals surface area contributed by atoms with Crippen molar-refractivity contribution in [2.24, 2.45) is 5.73 Å². The van der Waals surface area contributed by atoms with Crippen molar-refractivity contribution in [1.82, 2.24) is 5.32 Å². The van der Waals surface area contributed by atoms with Crippen LogP contribution in [0.5, 0.6) is 5.75 Å². The Morgan fingerprint density at radius 2 is 2.11 bits per heavy atom. The first-order valence-electron chi connectivity index (χ1n) is 5.88. The van der Waals surface area contributed by atoms with Gasteiger partial charge in [-0.05, 0) is 32.0 Å². The third-order valence-electron chi connectivity index (χ3n) is 2.73. The molecule has 0 aromatic heterocycles. The van der Waals surface area contributed by atoms with Gasteiger partial charge in [-0.25, -0.2) is 9.18 Å². The molecule has 5 nitrogen and oxygen atoms in total. The molecule has 1 heterocycles. The van der Waals surface area contributed by atoms with E-state index >= 15 is 0 Å². The van der Waals surface area contributed by atoms with Gasteiger partial charge in [0, 0.05) is 17.8 Å². The Labute approximate surface area is 104 Å². The first-order chi connectivity index (χ1) is 8.63. The summed E-state index contributed by atoms with van der Waals surface area (Å²) in [6.07, 6.45) is 1.85. The minimum Gasteiger partial charge on any atom is -0.490 e. The molecule has 2 amide bonds. The van der Waals surface area contributed by atoms with E-state index in [1.807, 2.05) is 0 Å². The highest BCUT2D eigenvalue weighted by Gasteiger charge is 2.15. The van der Waals surface area contributed by atoms with Crippen LogP contribution in [0.2, 0.25) is 0 Å². The Hall–Kier alpha value is -1.82. The summed E-state index contributed by atoms with van der Waals surface area (Å²) in [5.41, 5.74) is 5.28. The molecule has 1 aliphatic heterocycles. The minimum absolute atomic E-state index is 0.0782. The molecular weight excluding hydrogens is 237 g/mol. The number of nitrogens with two attached hydrogens (primary N) is 1. The average molecular weight is 253 g/mol. The fraction of sp³-hybridized carbons (Fsp3) is 0.417. The first kappa shape index (κ1) is 12.6. The molecule has 0 atom stereocenters. The Bertz CT molecular complexity index is 433. The van der Waals surface area contributed by atoms with Crippen LogP contribution in [-0.2, 0) is 0 Å². The van der Waals surface area contributed by atoms with Crippen molar-refractivity contribution >= 4 is 11.7 Å². The maximum Gasteiger partial charge on any atom is 0.316 e. The number of urea groups is 1. The number of piperidine rings is 1. The van der Waals surface area contributed by atoms with Crippen LogP contribution in [0, 0.1) is 5.82 Å². The molecule has 0 aliphatic carbocycles.